The molecule has 2 unspecified atom stereocenters. The zero-order chi connectivity index (χ0) is 17.8. The van der Waals surface area contributed by atoms with Crippen molar-refractivity contribution in [3.8, 4) is 5.75 Å². The minimum Gasteiger partial charge on any atom is -0.481 e. The zero-order valence-corrected chi connectivity index (χ0v) is 13.5. The van der Waals surface area contributed by atoms with Crippen LogP contribution in [0.5, 0.6) is 5.75 Å². The molecule has 0 spiro atoms. The van der Waals surface area contributed by atoms with Gasteiger partial charge in [-0.25, -0.2) is 18.9 Å². The van der Waals surface area contributed by atoms with E-state index in [9.17, 15) is 14.0 Å². The summed E-state index contributed by atoms with van der Waals surface area (Å²) in [4.78, 5) is 26.9. The van der Waals surface area contributed by atoms with E-state index in [0.717, 1.165) is 10.5 Å². The van der Waals surface area contributed by atoms with Gasteiger partial charge in [0.1, 0.15) is 23.2 Å². The quantitative estimate of drug-likeness (QED) is 0.866. The van der Waals surface area contributed by atoms with Gasteiger partial charge in [-0.3, -0.25) is 4.90 Å². The van der Waals surface area contributed by atoms with Crippen LogP contribution in [0.2, 0.25) is 0 Å². The number of fused-ring (bicyclic) bond motifs is 3. The number of primary amides is 1. The highest BCUT2D eigenvalue weighted by molar-refractivity contribution is 6.06. The van der Waals surface area contributed by atoms with Crippen LogP contribution in [0, 0.1) is 5.82 Å². The highest BCUT2D eigenvalue weighted by Crippen LogP contribution is 2.50. The van der Waals surface area contributed by atoms with E-state index in [0.29, 0.717) is 11.4 Å². The average Bonchev–Trinajstić information content (AvgIpc) is 2.87. The van der Waals surface area contributed by atoms with Crippen LogP contribution in [0.15, 0.2) is 48.5 Å². The Kier molecular flexibility index (Phi) is 3.21. The number of halogens is 1. The van der Waals surface area contributed by atoms with E-state index in [1.54, 1.807) is 6.92 Å². The van der Waals surface area contributed by atoms with Crippen molar-refractivity contribution in [1.82, 2.24) is 4.90 Å². The summed E-state index contributed by atoms with van der Waals surface area (Å²) in [6.07, 6.45) is -0.528. The van der Waals surface area contributed by atoms with E-state index < -0.39 is 29.5 Å². The van der Waals surface area contributed by atoms with Gasteiger partial charge >= 0.3 is 12.1 Å². The Morgan fingerprint density at radius 3 is 2.68 bits per heavy atom. The predicted octanol–water partition coefficient (Wildman–Crippen LogP) is 3.04. The Morgan fingerprint density at radius 1 is 1.28 bits per heavy atom. The lowest BCUT2D eigenvalue weighted by Crippen LogP contribution is -2.54. The fourth-order valence-corrected chi connectivity index (χ4v) is 3.62. The number of anilines is 1. The number of imide groups is 1. The molecule has 6 nitrogen and oxygen atoms in total. The van der Waals surface area contributed by atoms with Gasteiger partial charge in [-0.1, -0.05) is 30.3 Å². The molecule has 2 aliphatic rings. The van der Waals surface area contributed by atoms with Crippen molar-refractivity contribution in [2.24, 2.45) is 5.73 Å². The van der Waals surface area contributed by atoms with Crippen LogP contribution in [-0.2, 0) is 0 Å². The fraction of sp³-hybridized carbons (Fsp3) is 0.222. The summed E-state index contributed by atoms with van der Waals surface area (Å²) in [5.74, 6) is -0.111. The number of rotatable bonds is 1. The monoisotopic (exact) mass is 341 g/mol. The zero-order valence-electron chi connectivity index (χ0n) is 13.5. The highest BCUT2D eigenvalue weighted by atomic mass is 19.1. The van der Waals surface area contributed by atoms with Crippen molar-refractivity contribution in [2.75, 3.05) is 11.4 Å². The molecule has 2 aliphatic heterocycles. The Morgan fingerprint density at radius 2 is 2.00 bits per heavy atom. The van der Waals surface area contributed by atoms with E-state index >= 15 is 0 Å². The normalized spacial score (nSPS) is 24.6. The van der Waals surface area contributed by atoms with Gasteiger partial charge < -0.3 is 10.5 Å². The van der Waals surface area contributed by atoms with Crippen LogP contribution in [-0.4, -0.2) is 29.0 Å². The number of ether oxygens (including phenoxy) is 1. The standard InChI is InChI=1S/C18H16FN3O3/c1-18-10-21(16(20)23)17(24)22(18)13-9-12(19)7-8-14(13)25-15(18)11-5-3-2-4-6-11/h2-9,15H,10H2,1H3,(H2,20,23). The first-order chi connectivity index (χ1) is 11.9. The summed E-state index contributed by atoms with van der Waals surface area (Å²) < 4.78 is 19.9. The summed E-state index contributed by atoms with van der Waals surface area (Å²) in [6.45, 7) is 1.86. The Balaban J connectivity index is 1.92. The topological polar surface area (TPSA) is 75.9 Å². The van der Waals surface area contributed by atoms with Gasteiger partial charge in [-0.05, 0) is 24.6 Å². The lowest BCUT2D eigenvalue weighted by molar-refractivity contribution is 0.108. The maximum absolute atomic E-state index is 13.8. The molecule has 7 heteroatoms. The number of urea groups is 2. The molecule has 4 amide bonds. The first-order valence-corrected chi connectivity index (χ1v) is 7.84. The molecule has 0 saturated carbocycles. The molecule has 0 radical (unpaired) electrons. The lowest BCUT2D eigenvalue weighted by Gasteiger charge is -2.44. The third-order valence-electron chi connectivity index (χ3n) is 4.75. The number of carbonyl (C=O) groups is 2. The summed E-state index contributed by atoms with van der Waals surface area (Å²) in [5, 5.41) is 0. The van der Waals surface area contributed by atoms with Crippen LogP contribution in [0.1, 0.15) is 18.6 Å². The summed E-state index contributed by atoms with van der Waals surface area (Å²) in [6, 6.07) is 12.0. The largest absolute Gasteiger partial charge is 0.481 e. The molecular weight excluding hydrogens is 325 g/mol. The molecule has 2 heterocycles. The second-order valence-corrected chi connectivity index (χ2v) is 6.42. The lowest BCUT2D eigenvalue weighted by atomic mass is 9.86. The number of nitrogens with zero attached hydrogens (tertiary/aromatic N) is 2. The molecule has 0 aliphatic carbocycles. The minimum absolute atomic E-state index is 0.0523. The maximum Gasteiger partial charge on any atom is 0.333 e. The maximum atomic E-state index is 13.8. The van der Waals surface area contributed by atoms with E-state index in [1.807, 2.05) is 30.3 Å². The van der Waals surface area contributed by atoms with Gasteiger partial charge in [0.05, 0.1) is 12.2 Å². The number of amides is 4. The summed E-state index contributed by atoms with van der Waals surface area (Å²) in [5.41, 5.74) is 5.60. The minimum atomic E-state index is -0.908. The van der Waals surface area contributed by atoms with E-state index in [2.05, 4.69) is 0 Å². The second kappa shape index (κ2) is 5.20. The molecule has 2 N–H and O–H groups in total. The molecule has 1 fully saturated rings. The summed E-state index contributed by atoms with van der Waals surface area (Å²) >= 11 is 0. The molecule has 128 valence electrons. The van der Waals surface area contributed by atoms with Crippen molar-refractivity contribution in [2.45, 2.75) is 18.6 Å². The highest BCUT2D eigenvalue weighted by Gasteiger charge is 2.58. The molecule has 2 aromatic carbocycles. The van der Waals surface area contributed by atoms with Gasteiger partial charge in [0.25, 0.3) is 0 Å². The van der Waals surface area contributed by atoms with Crippen molar-refractivity contribution in [1.29, 1.82) is 0 Å². The molecule has 2 atom stereocenters. The number of nitrogens with two attached hydrogens (primary N) is 1. The molecule has 0 aromatic heterocycles. The molecule has 0 bridgehead atoms. The smallest absolute Gasteiger partial charge is 0.333 e. The van der Waals surface area contributed by atoms with E-state index in [-0.39, 0.29) is 6.54 Å². The van der Waals surface area contributed by atoms with Crippen LogP contribution in [0.25, 0.3) is 0 Å². The van der Waals surface area contributed by atoms with E-state index in [4.69, 9.17) is 10.5 Å². The SMILES string of the molecule is CC12CN(C(N)=O)C(=O)N1c1cc(F)ccc1OC2c1ccccc1. The number of carbonyl (C=O) groups excluding carboxylic acids is 2. The predicted molar refractivity (Wildman–Crippen MR) is 88.8 cm³/mol. The van der Waals surface area contributed by atoms with Crippen LogP contribution in [0.4, 0.5) is 19.7 Å². The van der Waals surface area contributed by atoms with Crippen molar-refractivity contribution in [3.63, 3.8) is 0 Å². The fourth-order valence-electron chi connectivity index (χ4n) is 3.62. The van der Waals surface area contributed by atoms with Crippen LogP contribution < -0.4 is 15.4 Å². The van der Waals surface area contributed by atoms with Crippen LogP contribution in [0.3, 0.4) is 0 Å². The second-order valence-electron chi connectivity index (χ2n) is 6.42. The number of hydrogen-bond acceptors (Lipinski definition) is 3. The molecule has 4 rings (SSSR count). The number of benzene rings is 2. The molecule has 25 heavy (non-hydrogen) atoms. The van der Waals surface area contributed by atoms with Crippen molar-refractivity contribution >= 4 is 17.7 Å². The Labute approximate surface area is 143 Å². The Bertz CT molecular complexity index is 873. The van der Waals surface area contributed by atoms with Crippen molar-refractivity contribution in [3.05, 3.63) is 59.9 Å². The van der Waals surface area contributed by atoms with Crippen molar-refractivity contribution < 1.29 is 18.7 Å². The molecule has 1 saturated heterocycles. The third-order valence-corrected chi connectivity index (χ3v) is 4.75. The molecule has 2 aromatic rings. The van der Waals surface area contributed by atoms with Gasteiger partial charge in [0.2, 0.25) is 0 Å². The number of hydrogen-bond donors (Lipinski definition) is 1. The van der Waals surface area contributed by atoms with Gasteiger partial charge in [-0.2, -0.15) is 0 Å². The molecular formula is C18H16FN3O3. The van der Waals surface area contributed by atoms with Gasteiger partial charge in [-0.15, -0.1) is 0 Å². The first kappa shape index (κ1) is 15.4. The van der Waals surface area contributed by atoms with Crippen LogP contribution >= 0.6 is 0 Å². The average molecular weight is 341 g/mol. The summed E-state index contributed by atoms with van der Waals surface area (Å²) in [7, 11) is 0. The third kappa shape index (κ3) is 2.15. The first-order valence-electron chi connectivity index (χ1n) is 7.84. The van der Waals surface area contributed by atoms with E-state index in [1.165, 1.54) is 23.1 Å². The van der Waals surface area contributed by atoms with Gasteiger partial charge in [0, 0.05) is 6.07 Å². The Hall–Kier alpha value is -3.09. The van der Waals surface area contributed by atoms with Gasteiger partial charge in [0.15, 0.2) is 0 Å².